The summed E-state index contributed by atoms with van der Waals surface area (Å²) < 4.78 is 6.05. The lowest BCUT2D eigenvalue weighted by molar-refractivity contribution is -0.0819. The van der Waals surface area contributed by atoms with Crippen LogP contribution in [0.4, 0.5) is 0 Å². The number of nitrogens with one attached hydrogen (secondary N) is 1. The van der Waals surface area contributed by atoms with Gasteiger partial charge in [-0.1, -0.05) is 56.6 Å². The summed E-state index contributed by atoms with van der Waals surface area (Å²) in [6, 6.07) is 17.1. The molecule has 5 nitrogen and oxygen atoms in total. The molecule has 200 valence electrons. The van der Waals surface area contributed by atoms with Crippen molar-refractivity contribution in [2.75, 3.05) is 13.1 Å². The van der Waals surface area contributed by atoms with E-state index in [4.69, 9.17) is 16.3 Å². The summed E-state index contributed by atoms with van der Waals surface area (Å²) in [7, 11) is 0. The van der Waals surface area contributed by atoms with Crippen LogP contribution in [0.15, 0.2) is 66.9 Å². The highest BCUT2D eigenvalue weighted by Crippen LogP contribution is 2.44. The van der Waals surface area contributed by atoms with E-state index in [9.17, 15) is 9.90 Å². The molecule has 0 radical (unpaired) electrons. The number of carbonyl (C=O) groups excluding carboxylic acids is 1. The number of rotatable bonds is 10. The van der Waals surface area contributed by atoms with E-state index in [2.05, 4.69) is 43.2 Å². The molecular formula is C32H37ClN2O3. The number of aromatic nitrogens is 1. The van der Waals surface area contributed by atoms with Gasteiger partial charge in [0.05, 0.1) is 11.3 Å². The molecule has 2 heterocycles. The number of hydrogen-bond donors (Lipinski definition) is 2. The number of hydrogen-bond acceptors (Lipinski definition) is 5. The Bertz CT molecular complexity index is 1320. The van der Waals surface area contributed by atoms with Gasteiger partial charge in [-0.05, 0) is 92.2 Å². The number of halogens is 1. The van der Waals surface area contributed by atoms with Crippen LogP contribution in [0, 0.1) is 5.41 Å². The van der Waals surface area contributed by atoms with E-state index in [0.29, 0.717) is 30.2 Å². The van der Waals surface area contributed by atoms with E-state index in [1.54, 1.807) is 13.1 Å². The highest BCUT2D eigenvalue weighted by atomic mass is 35.5. The second-order valence-corrected chi connectivity index (χ2v) is 11.0. The van der Waals surface area contributed by atoms with Crippen molar-refractivity contribution in [3.05, 3.63) is 99.8 Å². The molecule has 6 heteroatoms. The molecule has 0 saturated heterocycles. The quantitative estimate of drug-likeness (QED) is 0.218. The first-order valence-electron chi connectivity index (χ1n) is 13.3. The molecule has 1 aromatic heterocycles. The molecule has 1 aliphatic heterocycles. The molecule has 0 bridgehead atoms. The highest BCUT2D eigenvalue weighted by molar-refractivity contribution is 6.30. The molecular weight excluding hydrogens is 496 g/mol. The number of ketones is 1. The van der Waals surface area contributed by atoms with Gasteiger partial charge >= 0.3 is 0 Å². The minimum absolute atomic E-state index is 0.0210. The summed E-state index contributed by atoms with van der Waals surface area (Å²) in [6.45, 7) is 9.70. The summed E-state index contributed by atoms with van der Waals surface area (Å²) in [5, 5.41) is 16.0. The van der Waals surface area contributed by atoms with Crippen molar-refractivity contribution < 1.29 is 14.6 Å². The van der Waals surface area contributed by atoms with Crippen molar-refractivity contribution >= 4 is 23.0 Å². The Kier molecular flexibility index (Phi) is 8.71. The Hall–Kier alpha value is -2.99. The number of pyridine rings is 1. The number of fused-ring (bicyclic) bond motifs is 2. The third-order valence-electron chi connectivity index (χ3n) is 7.88. The zero-order valence-corrected chi connectivity index (χ0v) is 23.4. The van der Waals surface area contributed by atoms with Crippen LogP contribution < -0.4 is 10.1 Å². The third-order valence-corrected chi connectivity index (χ3v) is 8.13. The number of aliphatic hydroxyl groups is 1. The number of Topliss-reactive ketones (excluding diaryl/α,β-unsaturated/α-hetero) is 1. The van der Waals surface area contributed by atoms with Gasteiger partial charge in [0.15, 0.2) is 5.78 Å². The first-order valence-corrected chi connectivity index (χ1v) is 13.7. The second-order valence-electron chi connectivity index (χ2n) is 10.6. The van der Waals surface area contributed by atoms with Crippen LogP contribution >= 0.6 is 11.6 Å². The van der Waals surface area contributed by atoms with Gasteiger partial charge in [0.2, 0.25) is 0 Å². The van der Waals surface area contributed by atoms with E-state index < -0.39 is 5.60 Å². The van der Waals surface area contributed by atoms with Crippen LogP contribution in [-0.2, 0) is 12.2 Å². The number of ether oxygens (including phenoxy) is 1. The van der Waals surface area contributed by atoms with E-state index >= 15 is 0 Å². The molecule has 2 aromatic carbocycles. The van der Waals surface area contributed by atoms with Gasteiger partial charge < -0.3 is 15.2 Å². The largest absolute Gasteiger partial charge is 0.487 e. The van der Waals surface area contributed by atoms with Gasteiger partial charge in [-0.15, -0.1) is 0 Å². The SMILES string of the molecule is CCC(C)(C)C(O)(CCNCCC=C1c2cc(C(C)=O)ccc2OCc2ncccc21)c1ccc(Cl)cc1. The lowest BCUT2D eigenvalue weighted by Gasteiger charge is -2.43. The number of nitrogens with zero attached hydrogens (tertiary/aromatic N) is 1. The molecule has 0 amide bonds. The summed E-state index contributed by atoms with van der Waals surface area (Å²) in [4.78, 5) is 16.6. The van der Waals surface area contributed by atoms with Gasteiger partial charge in [-0.2, -0.15) is 0 Å². The predicted molar refractivity (Wildman–Crippen MR) is 154 cm³/mol. The van der Waals surface area contributed by atoms with Gasteiger partial charge in [-0.25, -0.2) is 0 Å². The van der Waals surface area contributed by atoms with Crippen molar-refractivity contribution in [2.45, 2.75) is 59.2 Å². The fourth-order valence-electron chi connectivity index (χ4n) is 5.00. The Morgan fingerprint density at radius 3 is 2.61 bits per heavy atom. The normalized spacial score (nSPS) is 15.7. The summed E-state index contributed by atoms with van der Waals surface area (Å²) in [6.07, 6.45) is 6.15. The van der Waals surface area contributed by atoms with E-state index in [1.165, 1.54) is 0 Å². The van der Waals surface area contributed by atoms with Crippen molar-refractivity contribution in [1.82, 2.24) is 10.3 Å². The van der Waals surface area contributed by atoms with Crippen LogP contribution in [0.2, 0.25) is 5.02 Å². The molecule has 3 aromatic rings. The zero-order valence-electron chi connectivity index (χ0n) is 22.7. The van der Waals surface area contributed by atoms with Crippen LogP contribution in [0.5, 0.6) is 5.75 Å². The highest BCUT2D eigenvalue weighted by Gasteiger charge is 2.43. The fourth-order valence-corrected chi connectivity index (χ4v) is 5.13. The average Bonchev–Trinajstić information content (AvgIpc) is 3.07. The molecule has 1 unspecified atom stereocenters. The standard InChI is InChI=1S/C32H37ClN2O3/c1-5-31(3,4)32(37,24-11-13-25(33)14-12-24)16-19-34-17-6-8-26-27-9-7-18-35-29(27)21-38-30-15-10-23(22(2)36)20-28(26)30/h7-15,18,20,34,37H,5-6,16-17,19,21H2,1-4H3. The van der Waals surface area contributed by atoms with Crippen LogP contribution in [0.25, 0.3) is 5.57 Å². The lowest BCUT2D eigenvalue weighted by atomic mass is 9.67. The van der Waals surface area contributed by atoms with Gasteiger partial charge in [0.25, 0.3) is 0 Å². The maximum absolute atomic E-state index is 12.1. The predicted octanol–water partition coefficient (Wildman–Crippen LogP) is 6.96. The summed E-state index contributed by atoms with van der Waals surface area (Å²) in [5.74, 6) is 0.773. The lowest BCUT2D eigenvalue weighted by Crippen LogP contribution is -2.43. The molecule has 4 rings (SSSR count). The maximum Gasteiger partial charge on any atom is 0.159 e. The molecule has 2 N–H and O–H groups in total. The first-order chi connectivity index (χ1) is 18.2. The second kappa shape index (κ2) is 11.8. The molecule has 1 atom stereocenters. The third kappa shape index (κ3) is 5.85. The fraction of sp³-hybridized carbons (Fsp3) is 0.375. The summed E-state index contributed by atoms with van der Waals surface area (Å²) >= 11 is 6.11. The molecule has 0 fully saturated rings. The Morgan fingerprint density at radius 2 is 1.89 bits per heavy atom. The molecule has 0 saturated carbocycles. The number of benzene rings is 2. The van der Waals surface area contributed by atoms with Crippen LogP contribution in [0.1, 0.15) is 79.7 Å². The van der Waals surface area contributed by atoms with Crippen LogP contribution in [-0.4, -0.2) is 29.0 Å². The maximum atomic E-state index is 12.1. The van der Waals surface area contributed by atoms with Gasteiger partial charge in [0, 0.05) is 27.9 Å². The molecule has 0 spiro atoms. The minimum atomic E-state index is -0.983. The summed E-state index contributed by atoms with van der Waals surface area (Å²) in [5.41, 5.74) is 4.09. The van der Waals surface area contributed by atoms with Gasteiger partial charge in [0.1, 0.15) is 12.4 Å². The molecule has 38 heavy (non-hydrogen) atoms. The Morgan fingerprint density at radius 1 is 1.13 bits per heavy atom. The minimum Gasteiger partial charge on any atom is -0.487 e. The monoisotopic (exact) mass is 532 g/mol. The van der Waals surface area contributed by atoms with Crippen molar-refractivity contribution in [3.63, 3.8) is 0 Å². The van der Waals surface area contributed by atoms with Crippen molar-refractivity contribution in [1.29, 1.82) is 0 Å². The number of carbonyl (C=O) groups is 1. The Balaban J connectivity index is 1.50. The average molecular weight is 533 g/mol. The van der Waals surface area contributed by atoms with Crippen LogP contribution in [0.3, 0.4) is 0 Å². The molecule has 0 aliphatic carbocycles. The topological polar surface area (TPSA) is 71.5 Å². The van der Waals surface area contributed by atoms with E-state index in [0.717, 1.165) is 53.1 Å². The molecule has 1 aliphatic rings. The smallest absolute Gasteiger partial charge is 0.159 e. The Labute approximate surface area is 230 Å². The van der Waals surface area contributed by atoms with Crippen molar-refractivity contribution in [2.24, 2.45) is 5.41 Å². The first kappa shape index (κ1) is 28.0. The van der Waals surface area contributed by atoms with Gasteiger partial charge in [-0.3, -0.25) is 9.78 Å². The zero-order chi connectivity index (χ0) is 27.3. The van der Waals surface area contributed by atoms with E-state index in [-0.39, 0.29) is 11.2 Å². The van der Waals surface area contributed by atoms with E-state index in [1.807, 2.05) is 48.5 Å². The van der Waals surface area contributed by atoms with Crippen molar-refractivity contribution in [3.8, 4) is 5.75 Å².